The molecule has 1 aromatic rings. The van der Waals surface area contributed by atoms with E-state index in [-0.39, 0.29) is 4.99 Å². The molecule has 1 rings (SSSR count). The summed E-state index contributed by atoms with van der Waals surface area (Å²) < 4.78 is 0.780. The molecule has 0 heterocycles. The first-order valence-electron chi connectivity index (χ1n) is 5.48. The second kappa shape index (κ2) is 5.67. The Morgan fingerprint density at radius 1 is 1.50 bits per heavy atom. The summed E-state index contributed by atoms with van der Waals surface area (Å²) in [6, 6.07) is 5.49. The van der Waals surface area contributed by atoms with Gasteiger partial charge in [0.15, 0.2) is 0 Å². The van der Waals surface area contributed by atoms with Gasteiger partial charge in [-0.2, -0.15) is 0 Å². The number of nitrogens with two attached hydrogens (primary N) is 2. The number of hydrogen-bond acceptors (Lipinski definition) is 3. The van der Waals surface area contributed by atoms with E-state index in [0.29, 0.717) is 17.7 Å². The van der Waals surface area contributed by atoms with Crippen molar-refractivity contribution in [3.05, 3.63) is 28.2 Å². The topological polar surface area (TPSA) is 81.1 Å². The van der Waals surface area contributed by atoms with Gasteiger partial charge in [-0.15, -0.1) is 0 Å². The van der Waals surface area contributed by atoms with Crippen LogP contribution in [0.4, 0.5) is 5.69 Å². The predicted molar refractivity (Wildman–Crippen MR) is 81.5 cm³/mol. The fraction of sp³-hybridized carbons (Fsp3) is 0.333. The number of anilines is 1. The Hall–Kier alpha value is -1.14. The van der Waals surface area contributed by atoms with Crippen LogP contribution < -0.4 is 16.8 Å². The van der Waals surface area contributed by atoms with Crippen molar-refractivity contribution in [1.29, 1.82) is 0 Å². The van der Waals surface area contributed by atoms with Crippen LogP contribution in [-0.2, 0) is 4.79 Å². The number of halogens is 1. The maximum Gasteiger partial charge on any atom is 0.242 e. The molecule has 0 aliphatic rings. The van der Waals surface area contributed by atoms with Crippen LogP contribution in [0, 0.1) is 0 Å². The Balaban J connectivity index is 3.23. The number of benzene rings is 1. The molecule has 0 bridgehead atoms. The molecule has 1 amide bonds. The van der Waals surface area contributed by atoms with Gasteiger partial charge in [-0.3, -0.25) is 4.79 Å². The molecule has 0 aliphatic heterocycles. The van der Waals surface area contributed by atoms with E-state index in [1.54, 1.807) is 6.92 Å². The van der Waals surface area contributed by atoms with Crippen LogP contribution in [0.3, 0.4) is 0 Å². The zero-order chi connectivity index (χ0) is 13.9. The van der Waals surface area contributed by atoms with Crippen molar-refractivity contribution < 1.29 is 4.79 Å². The predicted octanol–water partition coefficient (Wildman–Crippen LogP) is 2.15. The van der Waals surface area contributed by atoms with E-state index in [9.17, 15) is 4.79 Å². The molecule has 0 saturated carbocycles. The molecule has 0 aliphatic carbocycles. The molecule has 1 aromatic carbocycles. The molecule has 18 heavy (non-hydrogen) atoms. The molecule has 5 N–H and O–H groups in total. The molecule has 98 valence electrons. The number of hydrogen-bond donors (Lipinski definition) is 3. The van der Waals surface area contributed by atoms with E-state index >= 15 is 0 Å². The van der Waals surface area contributed by atoms with Gasteiger partial charge in [0.25, 0.3) is 0 Å². The minimum absolute atomic E-state index is 0.257. The summed E-state index contributed by atoms with van der Waals surface area (Å²) in [6.45, 7) is 3.63. The summed E-state index contributed by atoms with van der Waals surface area (Å²) >= 11 is 8.41. The Morgan fingerprint density at radius 3 is 2.56 bits per heavy atom. The zero-order valence-corrected chi connectivity index (χ0v) is 12.7. The molecule has 0 fully saturated rings. The van der Waals surface area contributed by atoms with Gasteiger partial charge in [-0.25, -0.2) is 0 Å². The van der Waals surface area contributed by atoms with E-state index in [1.807, 2.05) is 25.1 Å². The van der Waals surface area contributed by atoms with Gasteiger partial charge in [0.05, 0.1) is 0 Å². The lowest BCUT2D eigenvalue weighted by Gasteiger charge is -2.28. The van der Waals surface area contributed by atoms with Crippen molar-refractivity contribution in [2.24, 2.45) is 11.5 Å². The lowest BCUT2D eigenvalue weighted by Crippen LogP contribution is -2.47. The summed E-state index contributed by atoms with van der Waals surface area (Å²) in [7, 11) is 0. The summed E-state index contributed by atoms with van der Waals surface area (Å²) in [5, 5.41) is 3.12. The maximum atomic E-state index is 11.5. The summed E-state index contributed by atoms with van der Waals surface area (Å²) in [5.74, 6) is -0.418. The fourth-order valence-corrected chi connectivity index (χ4v) is 2.43. The Bertz CT molecular complexity index is 492. The van der Waals surface area contributed by atoms with Crippen LogP contribution >= 0.6 is 28.1 Å². The normalized spacial score (nSPS) is 13.7. The van der Waals surface area contributed by atoms with Crippen molar-refractivity contribution in [2.75, 3.05) is 5.32 Å². The van der Waals surface area contributed by atoms with Gasteiger partial charge >= 0.3 is 0 Å². The van der Waals surface area contributed by atoms with E-state index in [0.717, 1.165) is 4.47 Å². The zero-order valence-electron chi connectivity index (χ0n) is 10.3. The van der Waals surface area contributed by atoms with Gasteiger partial charge in [-0.05, 0) is 41.4 Å². The smallest absolute Gasteiger partial charge is 0.242 e. The number of primary amides is 1. The number of rotatable bonds is 5. The third-order valence-corrected chi connectivity index (χ3v) is 3.79. The van der Waals surface area contributed by atoms with Gasteiger partial charge < -0.3 is 16.8 Å². The summed E-state index contributed by atoms with van der Waals surface area (Å²) in [5.41, 5.74) is 11.6. The third kappa shape index (κ3) is 3.00. The monoisotopic (exact) mass is 329 g/mol. The summed E-state index contributed by atoms with van der Waals surface area (Å²) in [6.07, 6.45) is 0.561. The molecular weight excluding hydrogens is 314 g/mol. The first-order valence-corrected chi connectivity index (χ1v) is 6.68. The highest BCUT2D eigenvalue weighted by atomic mass is 79.9. The van der Waals surface area contributed by atoms with Gasteiger partial charge in [0, 0.05) is 15.7 Å². The molecule has 0 saturated heterocycles. The minimum Gasteiger partial charge on any atom is -0.389 e. The second-order valence-electron chi connectivity index (χ2n) is 4.20. The molecule has 4 nitrogen and oxygen atoms in total. The maximum absolute atomic E-state index is 11.5. The first-order chi connectivity index (χ1) is 8.31. The highest BCUT2D eigenvalue weighted by Crippen LogP contribution is 2.28. The largest absolute Gasteiger partial charge is 0.389 e. The fourth-order valence-electron chi connectivity index (χ4n) is 1.50. The van der Waals surface area contributed by atoms with Crippen LogP contribution in [0.1, 0.15) is 25.8 Å². The van der Waals surface area contributed by atoms with Gasteiger partial charge in [0.2, 0.25) is 5.91 Å². The third-order valence-electron chi connectivity index (χ3n) is 2.92. The Labute approximate surface area is 120 Å². The molecule has 1 unspecified atom stereocenters. The van der Waals surface area contributed by atoms with Crippen LogP contribution in [0.2, 0.25) is 0 Å². The molecule has 0 radical (unpaired) electrons. The lowest BCUT2D eigenvalue weighted by molar-refractivity contribution is -0.121. The standard InChI is InChI=1S/C12H16BrN3OS/c1-3-12(2,11(15)17)16-8-6-4-5-7(13)9(8)10(14)18/h4-6,16H,3H2,1-2H3,(H2,14,18)(H2,15,17). The molecule has 0 aromatic heterocycles. The molecule has 1 atom stereocenters. The van der Waals surface area contributed by atoms with Crippen LogP contribution in [0.15, 0.2) is 22.7 Å². The Morgan fingerprint density at radius 2 is 2.11 bits per heavy atom. The van der Waals surface area contributed by atoms with E-state index < -0.39 is 11.4 Å². The van der Waals surface area contributed by atoms with Gasteiger partial charge in [0.1, 0.15) is 10.5 Å². The Kier molecular flexibility index (Phi) is 4.70. The molecule has 0 spiro atoms. The van der Waals surface area contributed by atoms with Gasteiger partial charge in [-0.1, -0.05) is 25.2 Å². The quantitative estimate of drug-likeness (QED) is 0.723. The summed E-state index contributed by atoms with van der Waals surface area (Å²) in [4.78, 5) is 11.8. The average molecular weight is 330 g/mol. The van der Waals surface area contributed by atoms with Crippen molar-refractivity contribution in [1.82, 2.24) is 0 Å². The molecule has 6 heteroatoms. The number of amides is 1. The molecular formula is C12H16BrN3OS. The lowest BCUT2D eigenvalue weighted by atomic mass is 9.97. The SMILES string of the molecule is CCC(C)(Nc1cccc(Br)c1C(N)=S)C(N)=O. The minimum atomic E-state index is -0.833. The highest BCUT2D eigenvalue weighted by Gasteiger charge is 2.29. The first kappa shape index (κ1) is 14.9. The average Bonchev–Trinajstić information content (AvgIpc) is 2.28. The van der Waals surface area contributed by atoms with Crippen molar-refractivity contribution in [3.63, 3.8) is 0 Å². The van der Waals surface area contributed by atoms with Crippen molar-refractivity contribution >= 4 is 44.7 Å². The van der Waals surface area contributed by atoms with Crippen LogP contribution in [-0.4, -0.2) is 16.4 Å². The highest BCUT2D eigenvalue weighted by molar-refractivity contribution is 9.10. The van der Waals surface area contributed by atoms with E-state index in [4.69, 9.17) is 23.7 Å². The van der Waals surface area contributed by atoms with E-state index in [1.165, 1.54) is 0 Å². The second-order valence-corrected chi connectivity index (χ2v) is 5.50. The van der Waals surface area contributed by atoms with E-state index in [2.05, 4.69) is 21.2 Å². The van der Waals surface area contributed by atoms with Crippen LogP contribution in [0.5, 0.6) is 0 Å². The van der Waals surface area contributed by atoms with Crippen molar-refractivity contribution in [2.45, 2.75) is 25.8 Å². The number of carbonyl (C=O) groups is 1. The van der Waals surface area contributed by atoms with Crippen molar-refractivity contribution in [3.8, 4) is 0 Å². The number of thiocarbonyl (C=S) groups is 1. The number of carbonyl (C=O) groups excluding carboxylic acids is 1. The van der Waals surface area contributed by atoms with Crippen LogP contribution in [0.25, 0.3) is 0 Å². The number of nitrogens with one attached hydrogen (secondary N) is 1.